The maximum Gasteiger partial charge on any atom is 0.328 e. The number of nitrogens with zero attached hydrogens (tertiary/aromatic N) is 1. The third-order valence-electron chi connectivity index (χ3n) is 2.13. The summed E-state index contributed by atoms with van der Waals surface area (Å²) in [4.78, 5) is 26.2. The molecule has 0 aromatic carbocycles. The van der Waals surface area contributed by atoms with Crippen molar-refractivity contribution < 1.29 is 19.8 Å². The summed E-state index contributed by atoms with van der Waals surface area (Å²) in [5, 5.41) is 20.2. The fourth-order valence-electron chi connectivity index (χ4n) is 1.28. The number of carboxylic acids is 1. The molecule has 1 amide bonds. The van der Waals surface area contributed by atoms with E-state index in [4.69, 9.17) is 5.11 Å². The molecule has 0 aliphatic rings. The Morgan fingerprint density at radius 3 is 2.65 bits per heavy atom. The van der Waals surface area contributed by atoms with E-state index in [1.54, 1.807) is 24.4 Å². The van der Waals surface area contributed by atoms with E-state index < -0.39 is 24.0 Å². The maximum atomic E-state index is 11.5. The molecule has 92 valence electrons. The molecule has 1 rings (SSSR count). The number of aliphatic carboxylic acids is 1. The Kier molecular flexibility index (Phi) is 4.59. The minimum atomic E-state index is -1.30. The average molecular weight is 238 g/mol. The van der Waals surface area contributed by atoms with Crippen LogP contribution >= 0.6 is 0 Å². The zero-order valence-electron chi connectivity index (χ0n) is 9.33. The summed E-state index contributed by atoms with van der Waals surface area (Å²) >= 11 is 0. The first-order valence-electron chi connectivity index (χ1n) is 5.11. The van der Waals surface area contributed by atoms with Crippen LogP contribution < -0.4 is 5.32 Å². The Hall–Kier alpha value is -1.95. The highest BCUT2D eigenvalue weighted by molar-refractivity contribution is 5.84. The normalized spacial score (nSPS) is 13.8. The second-order valence-electron chi connectivity index (χ2n) is 3.62. The lowest BCUT2D eigenvalue weighted by molar-refractivity contribution is -0.144. The molecular weight excluding hydrogens is 224 g/mol. The fraction of sp³-hybridized carbons (Fsp3) is 0.364. The molecule has 0 saturated heterocycles. The molecule has 0 spiro atoms. The van der Waals surface area contributed by atoms with E-state index in [1.807, 2.05) is 0 Å². The van der Waals surface area contributed by atoms with Crippen molar-refractivity contribution >= 4 is 11.9 Å². The van der Waals surface area contributed by atoms with Gasteiger partial charge < -0.3 is 15.5 Å². The Morgan fingerprint density at radius 2 is 2.18 bits per heavy atom. The average Bonchev–Trinajstić information content (AvgIpc) is 2.26. The summed E-state index contributed by atoms with van der Waals surface area (Å²) in [6.45, 7) is 1.31. The highest BCUT2D eigenvalue weighted by Crippen LogP contribution is 1.97. The van der Waals surface area contributed by atoms with Gasteiger partial charge in [0.05, 0.1) is 12.5 Å². The second kappa shape index (κ2) is 5.95. The third kappa shape index (κ3) is 4.20. The Bertz CT molecular complexity index is 392. The quantitative estimate of drug-likeness (QED) is 0.646. The van der Waals surface area contributed by atoms with Crippen molar-refractivity contribution in [3.05, 3.63) is 30.1 Å². The Balaban J connectivity index is 2.57. The zero-order valence-corrected chi connectivity index (χ0v) is 9.33. The number of carbonyl (C=O) groups excluding carboxylic acids is 1. The predicted molar refractivity (Wildman–Crippen MR) is 59.2 cm³/mol. The van der Waals surface area contributed by atoms with E-state index in [1.165, 1.54) is 6.92 Å². The zero-order chi connectivity index (χ0) is 12.8. The molecule has 0 fully saturated rings. The van der Waals surface area contributed by atoms with Crippen molar-refractivity contribution in [2.24, 2.45) is 0 Å². The van der Waals surface area contributed by atoms with Gasteiger partial charge in [0.2, 0.25) is 5.91 Å². The molecule has 0 aliphatic heterocycles. The van der Waals surface area contributed by atoms with Crippen LogP contribution in [0.2, 0.25) is 0 Å². The highest BCUT2D eigenvalue weighted by Gasteiger charge is 2.24. The monoisotopic (exact) mass is 238 g/mol. The minimum absolute atomic E-state index is 0.0165. The Morgan fingerprint density at radius 1 is 1.47 bits per heavy atom. The van der Waals surface area contributed by atoms with Crippen molar-refractivity contribution in [2.45, 2.75) is 25.5 Å². The summed E-state index contributed by atoms with van der Waals surface area (Å²) in [6, 6.07) is 3.82. The number of aliphatic hydroxyl groups is 1. The number of nitrogens with one attached hydrogen (secondary N) is 1. The van der Waals surface area contributed by atoms with Gasteiger partial charge in [0.25, 0.3) is 0 Å². The van der Waals surface area contributed by atoms with Crippen molar-refractivity contribution in [2.75, 3.05) is 0 Å². The van der Waals surface area contributed by atoms with E-state index in [0.717, 1.165) is 0 Å². The molecule has 0 unspecified atom stereocenters. The third-order valence-corrected chi connectivity index (χ3v) is 2.13. The smallest absolute Gasteiger partial charge is 0.328 e. The lowest BCUT2D eigenvalue weighted by atomic mass is 10.1. The van der Waals surface area contributed by atoms with Gasteiger partial charge in [-0.2, -0.15) is 0 Å². The number of carboxylic acid groups (broad SMARTS) is 1. The van der Waals surface area contributed by atoms with Crippen LogP contribution in [-0.4, -0.2) is 39.2 Å². The lowest BCUT2D eigenvalue weighted by Crippen LogP contribution is -2.48. The standard InChI is InChI=1S/C11H14N2O4/c1-7(14)10(11(16)17)13-9(15)6-8-4-2-3-5-12-8/h2-5,7,10,14H,6H2,1H3,(H,13,15)(H,16,17)/t7-,10+/m1/s1. The van der Waals surface area contributed by atoms with Crippen LogP contribution in [0.1, 0.15) is 12.6 Å². The topological polar surface area (TPSA) is 99.5 Å². The van der Waals surface area contributed by atoms with Crippen molar-refractivity contribution in [3.8, 4) is 0 Å². The molecule has 0 radical (unpaired) electrons. The van der Waals surface area contributed by atoms with Crippen LogP contribution in [0, 0.1) is 0 Å². The molecule has 2 atom stereocenters. The summed E-state index contributed by atoms with van der Waals surface area (Å²) in [5.74, 6) is -1.76. The van der Waals surface area contributed by atoms with Gasteiger partial charge in [-0.05, 0) is 19.1 Å². The SMILES string of the molecule is C[C@@H](O)[C@H](NC(=O)Cc1ccccn1)C(=O)O. The summed E-state index contributed by atoms with van der Waals surface area (Å²) in [6.07, 6.45) is 0.378. The van der Waals surface area contributed by atoms with Crippen LogP contribution in [0.5, 0.6) is 0 Å². The lowest BCUT2D eigenvalue weighted by Gasteiger charge is -2.16. The minimum Gasteiger partial charge on any atom is -0.480 e. The van der Waals surface area contributed by atoms with E-state index in [9.17, 15) is 14.7 Å². The molecule has 0 saturated carbocycles. The number of aromatic nitrogens is 1. The van der Waals surface area contributed by atoms with Gasteiger partial charge in [0.15, 0.2) is 6.04 Å². The molecule has 0 aliphatic carbocycles. The molecular formula is C11H14N2O4. The van der Waals surface area contributed by atoms with E-state index in [2.05, 4.69) is 10.3 Å². The first-order valence-corrected chi connectivity index (χ1v) is 5.11. The largest absolute Gasteiger partial charge is 0.480 e. The van der Waals surface area contributed by atoms with Gasteiger partial charge in [0.1, 0.15) is 0 Å². The molecule has 0 bridgehead atoms. The van der Waals surface area contributed by atoms with Gasteiger partial charge >= 0.3 is 5.97 Å². The van der Waals surface area contributed by atoms with Crippen LogP contribution in [0.15, 0.2) is 24.4 Å². The molecule has 1 heterocycles. The van der Waals surface area contributed by atoms with Crippen LogP contribution in [-0.2, 0) is 16.0 Å². The summed E-state index contributed by atoms with van der Waals surface area (Å²) < 4.78 is 0. The number of aliphatic hydroxyl groups excluding tert-OH is 1. The number of hydrogen-bond acceptors (Lipinski definition) is 4. The second-order valence-corrected chi connectivity index (χ2v) is 3.62. The van der Waals surface area contributed by atoms with Crippen LogP contribution in [0.25, 0.3) is 0 Å². The van der Waals surface area contributed by atoms with E-state index in [0.29, 0.717) is 5.69 Å². The van der Waals surface area contributed by atoms with Gasteiger partial charge in [0, 0.05) is 11.9 Å². The molecule has 17 heavy (non-hydrogen) atoms. The molecule has 6 heteroatoms. The molecule has 6 nitrogen and oxygen atoms in total. The maximum absolute atomic E-state index is 11.5. The van der Waals surface area contributed by atoms with Crippen LogP contribution in [0.4, 0.5) is 0 Å². The molecule has 1 aromatic heterocycles. The summed E-state index contributed by atoms with van der Waals surface area (Å²) in [5.41, 5.74) is 0.541. The first kappa shape index (κ1) is 13.1. The highest BCUT2D eigenvalue weighted by atomic mass is 16.4. The number of hydrogen-bond donors (Lipinski definition) is 3. The number of amides is 1. The van der Waals surface area contributed by atoms with E-state index >= 15 is 0 Å². The van der Waals surface area contributed by atoms with Gasteiger partial charge in [-0.25, -0.2) is 4.79 Å². The number of rotatable bonds is 5. The van der Waals surface area contributed by atoms with E-state index in [-0.39, 0.29) is 6.42 Å². The fourth-order valence-corrected chi connectivity index (χ4v) is 1.28. The Labute approximate surface area is 98.3 Å². The van der Waals surface area contributed by atoms with Gasteiger partial charge in [-0.1, -0.05) is 6.07 Å². The first-order chi connectivity index (χ1) is 8.00. The van der Waals surface area contributed by atoms with Crippen molar-refractivity contribution in [1.82, 2.24) is 10.3 Å². The molecule has 3 N–H and O–H groups in total. The summed E-state index contributed by atoms with van der Waals surface area (Å²) in [7, 11) is 0. The number of carbonyl (C=O) groups is 2. The van der Waals surface area contributed by atoms with Crippen molar-refractivity contribution in [1.29, 1.82) is 0 Å². The molecule has 1 aromatic rings. The van der Waals surface area contributed by atoms with Gasteiger partial charge in [-0.3, -0.25) is 9.78 Å². The van der Waals surface area contributed by atoms with Crippen LogP contribution in [0.3, 0.4) is 0 Å². The number of pyridine rings is 1. The van der Waals surface area contributed by atoms with Crippen molar-refractivity contribution in [3.63, 3.8) is 0 Å². The predicted octanol–water partition coefficient (Wildman–Crippen LogP) is -0.426. The van der Waals surface area contributed by atoms with Gasteiger partial charge in [-0.15, -0.1) is 0 Å².